The van der Waals surface area contributed by atoms with Crippen molar-refractivity contribution in [2.24, 2.45) is 0 Å². The lowest BCUT2D eigenvalue weighted by molar-refractivity contribution is -0.137. The average Bonchev–Trinajstić information content (AvgIpc) is 2.48. The monoisotopic (exact) mass is 353 g/mol. The van der Waals surface area contributed by atoms with Crippen LogP contribution in [0.2, 0.25) is 0 Å². The number of nitrogens with one attached hydrogen (secondary N) is 2. The molecule has 2 rings (SSSR count). The summed E-state index contributed by atoms with van der Waals surface area (Å²) in [4.78, 5) is 23.2. The molecule has 0 radical (unpaired) electrons. The Hall–Kier alpha value is -3.23. The molecular formula is C16H14F3N3O3. The van der Waals surface area contributed by atoms with Gasteiger partial charge < -0.3 is 21.5 Å². The molecule has 0 aliphatic rings. The van der Waals surface area contributed by atoms with E-state index in [-0.39, 0.29) is 22.6 Å². The van der Waals surface area contributed by atoms with Gasteiger partial charge in [0.15, 0.2) is 0 Å². The van der Waals surface area contributed by atoms with Crippen LogP contribution in [0.4, 0.5) is 35.0 Å². The lowest BCUT2D eigenvalue weighted by atomic mass is 10.1. The van der Waals surface area contributed by atoms with Crippen LogP contribution in [-0.4, -0.2) is 17.1 Å². The van der Waals surface area contributed by atoms with E-state index in [1.165, 1.54) is 12.1 Å². The van der Waals surface area contributed by atoms with Crippen LogP contribution in [0.15, 0.2) is 36.4 Å². The Morgan fingerprint density at radius 3 is 2.24 bits per heavy atom. The first kappa shape index (κ1) is 18.1. The summed E-state index contributed by atoms with van der Waals surface area (Å²) in [7, 11) is 0. The van der Waals surface area contributed by atoms with Gasteiger partial charge in [0.2, 0.25) is 0 Å². The van der Waals surface area contributed by atoms with Crippen molar-refractivity contribution in [3.8, 4) is 0 Å². The van der Waals surface area contributed by atoms with Gasteiger partial charge >= 0.3 is 18.2 Å². The van der Waals surface area contributed by atoms with Crippen LogP contribution in [0.25, 0.3) is 0 Å². The van der Waals surface area contributed by atoms with Crippen LogP contribution >= 0.6 is 0 Å². The van der Waals surface area contributed by atoms with Gasteiger partial charge in [0.25, 0.3) is 0 Å². The minimum absolute atomic E-state index is 0.0324. The fraction of sp³-hybridized carbons (Fsp3) is 0.125. The van der Waals surface area contributed by atoms with Crippen molar-refractivity contribution in [3.63, 3.8) is 0 Å². The first-order valence-corrected chi connectivity index (χ1v) is 6.96. The molecule has 0 atom stereocenters. The third-order valence-electron chi connectivity index (χ3n) is 3.28. The maximum atomic E-state index is 12.6. The topological polar surface area (TPSA) is 104 Å². The van der Waals surface area contributed by atoms with Gasteiger partial charge in [0.1, 0.15) is 0 Å². The minimum atomic E-state index is -4.55. The summed E-state index contributed by atoms with van der Waals surface area (Å²) in [5.41, 5.74) is 4.92. The Morgan fingerprint density at radius 1 is 1.04 bits per heavy atom. The Labute approximate surface area is 140 Å². The zero-order valence-electron chi connectivity index (χ0n) is 12.9. The van der Waals surface area contributed by atoms with Crippen LogP contribution in [-0.2, 0) is 6.18 Å². The summed E-state index contributed by atoms with van der Waals surface area (Å²) in [5, 5.41) is 13.7. The number of amides is 2. The summed E-state index contributed by atoms with van der Waals surface area (Å²) in [6, 6.07) is 6.03. The number of nitrogen functional groups attached to an aromatic ring is 1. The van der Waals surface area contributed by atoms with E-state index in [1.54, 1.807) is 13.0 Å². The highest BCUT2D eigenvalue weighted by Crippen LogP contribution is 2.32. The Kier molecular flexibility index (Phi) is 4.87. The average molecular weight is 353 g/mol. The first-order valence-electron chi connectivity index (χ1n) is 6.96. The number of aryl methyl sites for hydroxylation is 1. The van der Waals surface area contributed by atoms with Crippen molar-refractivity contribution >= 4 is 29.1 Å². The molecule has 2 aromatic carbocycles. The van der Waals surface area contributed by atoms with Gasteiger partial charge in [-0.1, -0.05) is 6.07 Å². The minimum Gasteiger partial charge on any atom is -0.478 e. The Morgan fingerprint density at radius 2 is 1.68 bits per heavy atom. The van der Waals surface area contributed by atoms with Gasteiger partial charge in [0, 0.05) is 0 Å². The smallest absolute Gasteiger partial charge is 0.416 e. The van der Waals surface area contributed by atoms with E-state index in [1.807, 2.05) is 0 Å². The molecule has 0 bridgehead atoms. The molecule has 0 aliphatic heterocycles. The van der Waals surface area contributed by atoms with Gasteiger partial charge in [-0.05, 0) is 42.8 Å². The fourth-order valence-electron chi connectivity index (χ4n) is 2.08. The quantitative estimate of drug-likeness (QED) is 0.627. The lowest BCUT2D eigenvalue weighted by Gasteiger charge is -2.13. The third kappa shape index (κ3) is 4.40. The standard InChI is InChI=1S/C16H14F3N3O3/c1-8-2-4-10(14(23)24)13(6-8)22-15(25)21-12-5-3-9(7-11(12)20)16(17,18)19/h2-7H,20H2,1H3,(H,23,24)(H2,21,22,25). The van der Waals surface area contributed by atoms with Crippen molar-refractivity contribution in [3.05, 3.63) is 53.1 Å². The molecular weight excluding hydrogens is 339 g/mol. The van der Waals surface area contributed by atoms with Crippen LogP contribution in [0.1, 0.15) is 21.5 Å². The molecule has 0 saturated heterocycles. The first-order chi connectivity index (χ1) is 11.6. The van der Waals surface area contributed by atoms with Gasteiger partial charge in [0.05, 0.1) is 28.2 Å². The van der Waals surface area contributed by atoms with E-state index in [9.17, 15) is 22.8 Å². The molecule has 132 valence electrons. The van der Waals surface area contributed by atoms with Gasteiger partial charge in [-0.2, -0.15) is 13.2 Å². The van der Waals surface area contributed by atoms with E-state index < -0.39 is 23.7 Å². The zero-order chi connectivity index (χ0) is 18.8. The van der Waals surface area contributed by atoms with Gasteiger partial charge in [-0.3, -0.25) is 0 Å². The molecule has 0 spiro atoms. The number of carboxylic acid groups (broad SMARTS) is 1. The van der Waals surface area contributed by atoms with Crippen LogP contribution in [0, 0.1) is 6.92 Å². The number of halogens is 3. The second-order valence-corrected chi connectivity index (χ2v) is 5.23. The predicted octanol–water partition coefficient (Wildman–Crippen LogP) is 3.94. The maximum absolute atomic E-state index is 12.6. The molecule has 5 N–H and O–H groups in total. The summed E-state index contributed by atoms with van der Waals surface area (Å²) in [5.74, 6) is -1.23. The molecule has 0 saturated carbocycles. The highest BCUT2D eigenvalue weighted by Gasteiger charge is 2.30. The molecule has 6 nitrogen and oxygen atoms in total. The number of rotatable bonds is 3. The number of carbonyl (C=O) groups is 2. The molecule has 25 heavy (non-hydrogen) atoms. The highest BCUT2D eigenvalue weighted by atomic mass is 19.4. The molecule has 0 aliphatic carbocycles. The molecule has 0 heterocycles. The van der Waals surface area contributed by atoms with Crippen molar-refractivity contribution in [1.29, 1.82) is 0 Å². The fourth-order valence-corrected chi connectivity index (χ4v) is 2.08. The molecule has 0 fully saturated rings. The second kappa shape index (κ2) is 6.71. The van der Waals surface area contributed by atoms with E-state index in [0.29, 0.717) is 11.6 Å². The predicted molar refractivity (Wildman–Crippen MR) is 86.6 cm³/mol. The van der Waals surface area contributed by atoms with Crippen LogP contribution in [0.3, 0.4) is 0 Å². The van der Waals surface area contributed by atoms with Crippen molar-refractivity contribution in [1.82, 2.24) is 0 Å². The van der Waals surface area contributed by atoms with E-state index in [4.69, 9.17) is 10.8 Å². The second-order valence-electron chi connectivity index (χ2n) is 5.23. The number of benzene rings is 2. The summed E-state index contributed by atoms with van der Waals surface area (Å²) >= 11 is 0. The summed E-state index contributed by atoms with van der Waals surface area (Å²) < 4.78 is 37.8. The zero-order valence-corrected chi connectivity index (χ0v) is 12.9. The number of alkyl halides is 3. The number of aromatic carboxylic acids is 1. The molecule has 2 amide bonds. The summed E-state index contributed by atoms with van der Waals surface area (Å²) in [6.45, 7) is 1.71. The van der Waals surface area contributed by atoms with Crippen LogP contribution in [0.5, 0.6) is 0 Å². The number of carbonyl (C=O) groups excluding carboxylic acids is 1. The van der Waals surface area contributed by atoms with Crippen molar-refractivity contribution in [2.75, 3.05) is 16.4 Å². The van der Waals surface area contributed by atoms with E-state index in [2.05, 4.69) is 10.6 Å². The normalized spacial score (nSPS) is 11.0. The third-order valence-corrected chi connectivity index (χ3v) is 3.28. The Balaban J connectivity index is 2.19. The SMILES string of the molecule is Cc1ccc(C(=O)O)c(NC(=O)Nc2ccc(C(F)(F)F)cc2N)c1. The summed E-state index contributed by atoms with van der Waals surface area (Å²) in [6.07, 6.45) is -4.55. The van der Waals surface area contributed by atoms with E-state index >= 15 is 0 Å². The van der Waals surface area contributed by atoms with Gasteiger partial charge in [-0.15, -0.1) is 0 Å². The largest absolute Gasteiger partial charge is 0.478 e. The van der Waals surface area contributed by atoms with Gasteiger partial charge in [-0.25, -0.2) is 9.59 Å². The maximum Gasteiger partial charge on any atom is 0.416 e. The van der Waals surface area contributed by atoms with Crippen LogP contribution < -0.4 is 16.4 Å². The van der Waals surface area contributed by atoms with Crippen molar-refractivity contribution in [2.45, 2.75) is 13.1 Å². The van der Waals surface area contributed by atoms with Crippen molar-refractivity contribution < 1.29 is 27.9 Å². The molecule has 0 aromatic heterocycles. The molecule has 2 aromatic rings. The van der Waals surface area contributed by atoms with E-state index in [0.717, 1.165) is 12.1 Å². The molecule has 9 heteroatoms. The molecule has 0 unspecified atom stereocenters. The lowest BCUT2D eigenvalue weighted by Crippen LogP contribution is -2.22. The Bertz CT molecular complexity index is 835. The number of hydrogen-bond acceptors (Lipinski definition) is 3. The number of nitrogens with two attached hydrogens (primary N) is 1. The number of carboxylic acids is 1. The number of anilines is 3. The highest BCUT2D eigenvalue weighted by molar-refractivity contribution is 6.05. The number of hydrogen-bond donors (Lipinski definition) is 4. The number of urea groups is 1.